The fourth-order valence-corrected chi connectivity index (χ4v) is 3.16. The Kier molecular flexibility index (Phi) is 4.83. The quantitative estimate of drug-likeness (QED) is 0.850. The minimum Gasteiger partial charge on any atom is -0.450 e. The molecule has 3 rings (SSSR count). The SMILES string of the molecule is C[C@@H](OC(=O)[C@H]1Cc2ccccc2C(=O)O1)C(=O)NC1CCCC1. The first-order chi connectivity index (χ1) is 11.5. The number of amides is 1. The van der Waals surface area contributed by atoms with Crippen LogP contribution in [0.15, 0.2) is 24.3 Å². The van der Waals surface area contributed by atoms with Gasteiger partial charge in [0.15, 0.2) is 6.10 Å². The summed E-state index contributed by atoms with van der Waals surface area (Å²) in [6.45, 7) is 1.53. The van der Waals surface area contributed by atoms with E-state index in [1.54, 1.807) is 24.3 Å². The molecule has 1 N–H and O–H groups in total. The number of carbonyl (C=O) groups excluding carboxylic acids is 3. The van der Waals surface area contributed by atoms with Gasteiger partial charge in [0, 0.05) is 12.5 Å². The number of benzene rings is 1. The highest BCUT2D eigenvalue weighted by atomic mass is 16.6. The molecule has 6 nitrogen and oxygen atoms in total. The number of carbonyl (C=O) groups is 3. The van der Waals surface area contributed by atoms with Crippen molar-refractivity contribution in [1.82, 2.24) is 5.32 Å². The van der Waals surface area contributed by atoms with E-state index in [0.29, 0.717) is 5.56 Å². The van der Waals surface area contributed by atoms with Crippen molar-refractivity contribution in [1.29, 1.82) is 0 Å². The van der Waals surface area contributed by atoms with Crippen molar-refractivity contribution >= 4 is 17.8 Å². The van der Waals surface area contributed by atoms with Crippen LogP contribution in [0.4, 0.5) is 0 Å². The second kappa shape index (κ2) is 7.03. The van der Waals surface area contributed by atoms with Crippen LogP contribution in [0.25, 0.3) is 0 Å². The summed E-state index contributed by atoms with van der Waals surface area (Å²) in [5.41, 5.74) is 1.22. The van der Waals surface area contributed by atoms with E-state index < -0.39 is 24.1 Å². The van der Waals surface area contributed by atoms with E-state index in [-0.39, 0.29) is 18.4 Å². The smallest absolute Gasteiger partial charge is 0.348 e. The lowest BCUT2D eigenvalue weighted by molar-refractivity contribution is -0.163. The first-order valence-corrected chi connectivity index (χ1v) is 8.34. The number of esters is 2. The molecule has 0 bridgehead atoms. The minimum absolute atomic E-state index is 0.165. The van der Waals surface area contributed by atoms with Crippen LogP contribution in [0.2, 0.25) is 0 Å². The third-order valence-corrected chi connectivity index (χ3v) is 4.52. The number of cyclic esters (lactones) is 1. The zero-order valence-corrected chi connectivity index (χ0v) is 13.6. The van der Waals surface area contributed by atoms with Gasteiger partial charge in [-0.2, -0.15) is 0 Å². The fourth-order valence-electron chi connectivity index (χ4n) is 3.16. The van der Waals surface area contributed by atoms with E-state index in [1.165, 1.54) is 6.92 Å². The Labute approximate surface area is 140 Å². The average molecular weight is 331 g/mol. The first kappa shape index (κ1) is 16.5. The number of nitrogens with one attached hydrogen (secondary N) is 1. The molecule has 2 atom stereocenters. The molecule has 6 heteroatoms. The van der Waals surface area contributed by atoms with Crippen molar-refractivity contribution in [2.24, 2.45) is 0 Å². The van der Waals surface area contributed by atoms with Gasteiger partial charge in [-0.25, -0.2) is 9.59 Å². The van der Waals surface area contributed by atoms with E-state index >= 15 is 0 Å². The zero-order chi connectivity index (χ0) is 17.1. The highest BCUT2D eigenvalue weighted by molar-refractivity contribution is 5.95. The summed E-state index contributed by atoms with van der Waals surface area (Å²) >= 11 is 0. The second-order valence-electron chi connectivity index (χ2n) is 6.32. The second-order valence-corrected chi connectivity index (χ2v) is 6.32. The molecular weight excluding hydrogens is 310 g/mol. The zero-order valence-electron chi connectivity index (χ0n) is 13.6. The normalized spacial score (nSPS) is 21.5. The van der Waals surface area contributed by atoms with Gasteiger partial charge in [0.1, 0.15) is 0 Å². The lowest BCUT2D eigenvalue weighted by Gasteiger charge is -2.24. The Morgan fingerprint density at radius 2 is 1.96 bits per heavy atom. The molecular formula is C18H21NO5. The van der Waals surface area contributed by atoms with Crippen LogP contribution in [-0.4, -0.2) is 36.1 Å². The van der Waals surface area contributed by atoms with E-state index in [1.807, 2.05) is 0 Å². The Balaban J connectivity index is 1.57. The third-order valence-electron chi connectivity index (χ3n) is 4.52. The molecule has 0 saturated heterocycles. The predicted molar refractivity (Wildman–Crippen MR) is 85.3 cm³/mol. The predicted octanol–water partition coefficient (Wildman–Crippen LogP) is 1.76. The maximum absolute atomic E-state index is 12.2. The Morgan fingerprint density at radius 3 is 2.71 bits per heavy atom. The monoisotopic (exact) mass is 331 g/mol. The van der Waals surface area contributed by atoms with Gasteiger partial charge in [0.05, 0.1) is 5.56 Å². The molecule has 1 aromatic rings. The lowest BCUT2D eigenvalue weighted by atomic mass is 9.99. The number of hydrogen-bond acceptors (Lipinski definition) is 5. The van der Waals surface area contributed by atoms with E-state index in [0.717, 1.165) is 31.2 Å². The van der Waals surface area contributed by atoms with Crippen LogP contribution >= 0.6 is 0 Å². The molecule has 0 spiro atoms. The maximum atomic E-state index is 12.2. The van der Waals surface area contributed by atoms with Gasteiger partial charge in [-0.1, -0.05) is 31.0 Å². The largest absolute Gasteiger partial charge is 0.450 e. The number of fused-ring (bicyclic) bond motifs is 1. The minimum atomic E-state index is -1.01. The molecule has 24 heavy (non-hydrogen) atoms. The Hall–Kier alpha value is -2.37. The molecule has 0 aromatic heterocycles. The van der Waals surface area contributed by atoms with Crippen LogP contribution in [0.5, 0.6) is 0 Å². The molecule has 2 aliphatic rings. The summed E-state index contributed by atoms with van der Waals surface area (Å²) in [6, 6.07) is 7.16. The summed E-state index contributed by atoms with van der Waals surface area (Å²) < 4.78 is 10.3. The van der Waals surface area contributed by atoms with Crippen molar-refractivity contribution in [3.8, 4) is 0 Å². The molecule has 1 fully saturated rings. The standard InChI is InChI=1S/C18H21NO5/c1-11(16(20)19-13-7-3-4-8-13)23-18(22)15-10-12-6-2-5-9-14(12)17(21)24-15/h2,5-6,9,11,13,15H,3-4,7-8,10H2,1H3,(H,19,20)/t11-,15-/m1/s1. The first-order valence-electron chi connectivity index (χ1n) is 8.34. The van der Waals surface area contributed by atoms with E-state index in [2.05, 4.69) is 5.32 Å². The molecule has 128 valence electrons. The Morgan fingerprint density at radius 1 is 1.25 bits per heavy atom. The van der Waals surface area contributed by atoms with Gasteiger partial charge in [0.25, 0.3) is 5.91 Å². The van der Waals surface area contributed by atoms with E-state index in [4.69, 9.17) is 9.47 Å². The summed E-state index contributed by atoms with van der Waals surface area (Å²) in [6.07, 6.45) is 2.49. The van der Waals surface area contributed by atoms with Gasteiger partial charge >= 0.3 is 11.9 Å². The van der Waals surface area contributed by atoms with Gasteiger partial charge < -0.3 is 14.8 Å². The fraction of sp³-hybridized carbons (Fsp3) is 0.500. The topological polar surface area (TPSA) is 81.7 Å². The van der Waals surface area contributed by atoms with E-state index in [9.17, 15) is 14.4 Å². The summed E-state index contributed by atoms with van der Waals surface area (Å²) in [5, 5.41) is 2.89. The average Bonchev–Trinajstić information content (AvgIpc) is 3.07. The molecule has 0 radical (unpaired) electrons. The van der Waals surface area contributed by atoms with Crippen LogP contribution in [0, 0.1) is 0 Å². The summed E-state index contributed by atoms with van der Waals surface area (Å²) in [4.78, 5) is 36.3. The van der Waals surface area contributed by atoms with Crippen molar-refractivity contribution in [2.75, 3.05) is 0 Å². The number of rotatable bonds is 4. The van der Waals surface area contributed by atoms with Crippen LogP contribution < -0.4 is 5.32 Å². The molecule has 1 saturated carbocycles. The molecule has 1 heterocycles. The van der Waals surface area contributed by atoms with Gasteiger partial charge in [-0.15, -0.1) is 0 Å². The highest BCUT2D eigenvalue weighted by Gasteiger charge is 2.34. The lowest BCUT2D eigenvalue weighted by Crippen LogP contribution is -2.43. The van der Waals surface area contributed by atoms with Crippen LogP contribution in [0.1, 0.15) is 48.5 Å². The summed E-state index contributed by atoms with van der Waals surface area (Å²) in [7, 11) is 0. The van der Waals surface area contributed by atoms with Crippen molar-refractivity contribution in [3.05, 3.63) is 35.4 Å². The van der Waals surface area contributed by atoms with Gasteiger partial charge in [-0.05, 0) is 31.4 Å². The van der Waals surface area contributed by atoms with Crippen molar-refractivity contribution < 1.29 is 23.9 Å². The van der Waals surface area contributed by atoms with Crippen LogP contribution in [0.3, 0.4) is 0 Å². The Bertz CT molecular complexity index is 651. The van der Waals surface area contributed by atoms with Crippen LogP contribution in [-0.2, 0) is 25.5 Å². The third kappa shape index (κ3) is 3.58. The highest BCUT2D eigenvalue weighted by Crippen LogP contribution is 2.22. The van der Waals surface area contributed by atoms with Gasteiger partial charge in [-0.3, -0.25) is 4.79 Å². The molecule has 1 aromatic carbocycles. The molecule has 1 amide bonds. The van der Waals surface area contributed by atoms with Crippen molar-refractivity contribution in [2.45, 2.75) is 57.3 Å². The molecule has 1 aliphatic heterocycles. The summed E-state index contributed by atoms with van der Waals surface area (Å²) in [5.74, 6) is -1.54. The van der Waals surface area contributed by atoms with Gasteiger partial charge in [0.2, 0.25) is 6.10 Å². The molecule has 1 aliphatic carbocycles. The van der Waals surface area contributed by atoms with Crippen molar-refractivity contribution in [3.63, 3.8) is 0 Å². The maximum Gasteiger partial charge on any atom is 0.348 e. The number of ether oxygens (including phenoxy) is 2. The molecule has 0 unspecified atom stereocenters. The number of hydrogen-bond donors (Lipinski definition) is 1.